The van der Waals surface area contributed by atoms with Gasteiger partial charge in [-0.1, -0.05) is 0 Å². The molecular formula is C66H92N12O22S2. The fourth-order valence-corrected chi connectivity index (χ4v) is 14.1. The maximum atomic E-state index is 13.5. The number of carbonyl (C=O) groups is 12. The first-order valence-corrected chi connectivity index (χ1v) is 34.7. The first kappa shape index (κ1) is 83.4. The Balaban J connectivity index is 1.46. The predicted molar refractivity (Wildman–Crippen MR) is 374 cm³/mol. The molecule has 0 saturated heterocycles. The molecule has 0 fully saturated rings. The molecule has 0 aromatic carbocycles. The van der Waals surface area contributed by atoms with Crippen LogP contribution >= 0.6 is 23.5 Å². The maximum absolute atomic E-state index is 13.5. The molecule has 16 N–H and O–H groups in total. The average molecular weight is 1470 g/mol. The number of hydrogen-bond acceptors (Lipinski definition) is 20. The number of aromatic nitrogens is 4. The molecular weight excluding hydrogens is 1380 g/mol. The second-order valence-electron chi connectivity index (χ2n) is 24.7. The van der Waals surface area contributed by atoms with Crippen LogP contribution in [0.3, 0.4) is 0 Å². The van der Waals surface area contributed by atoms with E-state index in [1.54, 1.807) is 0 Å². The Morgan fingerprint density at radius 1 is 0.343 bits per heavy atom. The summed E-state index contributed by atoms with van der Waals surface area (Å²) in [5.74, 6) is -12.4. The van der Waals surface area contributed by atoms with Crippen molar-refractivity contribution < 1.29 is 109 Å². The monoisotopic (exact) mass is 1470 g/mol. The Morgan fingerprint density at radius 3 is 1.07 bits per heavy atom. The lowest BCUT2D eigenvalue weighted by Crippen LogP contribution is -2.46. The molecule has 560 valence electrons. The van der Waals surface area contributed by atoms with Crippen LogP contribution < -0.4 is 32.0 Å². The number of hydrogen-bond donors (Lipinski definition) is 16. The second-order valence-corrected chi connectivity index (χ2v) is 27.6. The average Bonchev–Trinajstić information content (AvgIpc) is 1.62. The molecule has 0 aliphatic carbocycles. The molecule has 8 bridgehead atoms. The van der Waals surface area contributed by atoms with Crippen LogP contribution in [-0.4, -0.2) is 314 Å². The lowest BCUT2D eigenvalue weighted by Gasteiger charge is -2.27. The number of amides is 2. The summed E-state index contributed by atoms with van der Waals surface area (Å²) in [5.41, 5.74) is 9.25. The van der Waals surface area contributed by atoms with Crippen LogP contribution in [0.4, 0.5) is 0 Å². The molecule has 36 heteroatoms. The van der Waals surface area contributed by atoms with Crippen molar-refractivity contribution in [3.05, 3.63) is 88.7 Å². The zero-order valence-electron chi connectivity index (χ0n) is 57.7. The van der Waals surface area contributed by atoms with Gasteiger partial charge in [0, 0.05) is 144 Å². The molecule has 4 aromatic heterocycles. The Labute approximate surface area is 594 Å². The lowest BCUT2D eigenvalue weighted by molar-refractivity contribution is -0.144. The zero-order valence-corrected chi connectivity index (χ0v) is 59.4. The molecule has 4 aromatic rings. The number of carboxylic acids is 10. The lowest BCUT2D eigenvalue weighted by atomic mass is 10.0. The van der Waals surface area contributed by atoms with Crippen LogP contribution in [0.15, 0.2) is 0 Å². The number of carbonyl (C=O) groups excluding carboxylic acids is 2. The molecule has 5 rings (SSSR count). The van der Waals surface area contributed by atoms with E-state index in [0.29, 0.717) is 50.0 Å². The third-order valence-electron chi connectivity index (χ3n) is 16.9. The minimum Gasteiger partial charge on any atom is -0.481 e. The summed E-state index contributed by atoms with van der Waals surface area (Å²) in [6, 6.07) is 0. The van der Waals surface area contributed by atoms with Crippen molar-refractivity contribution in [2.45, 2.75) is 77.7 Å². The van der Waals surface area contributed by atoms with Crippen LogP contribution in [-0.2, 0) is 70.4 Å². The van der Waals surface area contributed by atoms with Crippen molar-refractivity contribution in [2.75, 3.05) is 142 Å². The summed E-state index contributed by atoms with van der Waals surface area (Å²) < 4.78 is 0. The number of rotatable bonds is 48. The molecule has 0 spiro atoms. The van der Waals surface area contributed by atoms with Crippen molar-refractivity contribution in [3.8, 4) is 0 Å². The normalized spacial score (nSPS) is 12.6. The molecule has 2 amide bonds. The summed E-state index contributed by atoms with van der Waals surface area (Å²) in [6.45, 7) is 5.90. The molecule has 102 heavy (non-hydrogen) atoms. The van der Waals surface area contributed by atoms with Crippen molar-refractivity contribution in [1.29, 1.82) is 0 Å². The number of nitrogens with zero attached hydrogens (tertiary/aromatic N) is 6. The van der Waals surface area contributed by atoms with Crippen LogP contribution in [0.25, 0.3) is 24.3 Å². The van der Waals surface area contributed by atoms with Crippen molar-refractivity contribution in [3.63, 3.8) is 0 Å². The molecule has 0 saturated carbocycles. The minimum atomic E-state index is -1.29. The Hall–Kier alpha value is -9.30. The molecule has 2 atom stereocenters. The third kappa shape index (κ3) is 27.6. The van der Waals surface area contributed by atoms with Gasteiger partial charge in [-0.05, 0) is 123 Å². The molecule has 1 aliphatic heterocycles. The first-order chi connectivity index (χ1) is 48.1. The summed E-state index contributed by atoms with van der Waals surface area (Å²) >= 11 is 3.03. The van der Waals surface area contributed by atoms with Gasteiger partial charge in [-0.3, -0.25) is 86.9 Å². The summed E-state index contributed by atoms with van der Waals surface area (Å²) in [7, 11) is 0. The maximum Gasteiger partial charge on any atom is 0.317 e. The van der Waals surface area contributed by atoms with Crippen LogP contribution in [0.2, 0.25) is 0 Å². The van der Waals surface area contributed by atoms with Crippen LogP contribution in [0, 0.1) is 27.7 Å². The number of thioether (sulfide) groups is 2. The van der Waals surface area contributed by atoms with E-state index >= 15 is 0 Å². The number of H-pyrrole nitrogens is 4. The van der Waals surface area contributed by atoms with E-state index < -0.39 is 124 Å². The Bertz CT molecular complexity index is 3940. The molecule has 0 radical (unpaired) electrons. The fraction of sp³-hybridized carbons (Fsp3) is 0.515. The molecule has 2 unspecified atom stereocenters. The van der Waals surface area contributed by atoms with Gasteiger partial charge in [0.1, 0.15) is 0 Å². The van der Waals surface area contributed by atoms with Crippen molar-refractivity contribution >= 4 is 119 Å². The highest BCUT2D eigenvalue weighted by Crippen LogP contribution is 2.36. The van der Waals surface area contributed by atoms with Gasteiger partial charge in [0.2, 0.25) is 11.8 Å². The zero-order chi connectivity index (χ0) is 75.7. The highest BCUT2D eigenvalue weighted by Gasteiger charge is 2.26. The molecule has 34 nitrogen and oxygen atoms in total. The van der Waals surface area contributed by atoms with Crippen LogP contribution in [0.1, 0.15) is 104 Å². The van der Waals surface area contributed by atoms with Gasteiger partial charge in [-0.25, -0.2) is 0 Å². The number of aromatic amines is 4. The van der Waals surface area contributed by atoms with E-state index in [-0.39, 0.29) is 115 Å². The highest BCUT2D eigenvalue weighted by molar-refractivity contribution is 7.99. The van der Waals surface area contributed by atoms with Crippen molar-refractivity contribution in [2.24, 2.45) is 0 Å². The van der Waals surface area contributed by atoms with E-state index in [1.165, 1.54) is 43.1 Å². The number of carboxylic acid groups (broad SMARTS) is 10. The number of nitrogens with one attached hydrogen (secondary N) is 6. The topological polar surface area (TPSA) is 514 Å². The van der Waals surface area contributed by atoms with Crippen LogP contribution in [0.5, 0.6) is 0 Å². The predicted octanol–water partition coefficient (Wildman–Crippen LogP) is -1.79. The SMILES string of the molecule is Cc1c2[nH]c(c1CCC(=O)O)C=c1[nH]c(c(C)c1CCC(=O)O)=Cc1[nH]c(c(C(C)SCCNC(=O)CN(CCN(CCN(CC(=O)O)CC(=O)O)CC(=O)O)CC(=O)O)c1C)C=c1[nH]c(c(C(C)SCCNC(=O)CN(CCN(CCN(CC(=O)O)CC(=O)O)CC(=O)O)CC(=O)O)c1C)=C2. The fourth-order valence-electron chi connectivity index (χ4n) is 12.0. The summed E-state index contributed by atoms with van der Waals surface area (Å²) in [6.07, 6.45) is 7.73. The van der Waals surface area contributed by atoms with Gasteiger partial charge in [0.05, 0.1) is 65.4 Å². The van der Waals surface area contributed by atoms with Gasteiger partial charge in [0.15, 0.2) is 0 Å². The van der Waals surface area contributed by atoms with Crippen molar-refractivity contribution in [1.82, 2.24) is 60.0 Å². The Morgan fingerprint density at radius 2 is 0.657 bits per heavy atom. The van der Waals surface area contributed by atoms with Gasteiger partial charge in [-0.15, -0.1) is 0 Å². The van der Waals surface area contributed by atoms with E-state index in [4.69, 9.17) is 0 Å². The number of fused-ring (bicyclic) bond motifs is 8. The van der Waals surface area contributed by atoms with Gasteiger partial charge in [-0.2, -0.15) is 23.5 Å². The van der Waals surface area contributed by atoms with E-state index in [0.717, 1.165) is 60.0 Å². The first-order valence-electron chi connectivity index (χ1n) is 32.6. The standard InChI is InChI=1S/C66H92N12O22S2/c1-37-43(7-9-55(81)82)49-26-50-44(8-10-56(83)84)38(2)46(70-50)24-51-66(42(6)102-22-12-68-54(80)28-76(32-60(91)92)18-14-74(30-58(87)88)16-20-78(35-63(97)98)36-64(99)100)40(4)48(72-51)25-52-65(39(3)47(71-52)23-45(37)69-49)41(5)101-21-11-67-53(79)27-75(31-59(89)90)17-13-73(29-57(85)86)15-19-77(33-61(93)94)34-62(95)96/h23-26,41-42,69-72H,7-22,27-36H2,1-6H3,(H,67,79)(H,68,80)(H,81,82)(H,83,84)(H,85,86)(H,87,88)(H,89,90)(H,91,92)(H,93,94)(H,95,96)(H,97,98)(H,99,100). The summed E-state index contributed by atoms with van der Waals surface area (Å²) in [5, 5.41) is 103. The third-order valence-corrected chi connectivity index (χ3v) is 19.3. The highest BCUT2D eigenvalue weighted by atomic mass is 32.2. The largest absolute Gasteiger partial charge is 0.481 e. The van der Waals surface area contributed by atoms with Gasteiger partial charge >= 0.3 is 59.7 Å². The molecule has 5 heterocycles. The molecule has 1 aliphatic rings. The van der Waals surface area contributed by atoms with Gasteiger partial charge < -0.3 is 81.6 Å². The number of aliphatic carboxylic acids is 10. The van der Waals surface area contributed by atoms with E-state index in [1.807, 2.05) is 65.8 Å². The second kappa shape index (κ2) is 40.4. The van der Waals surface area contributed by atoms with E-state index in [2.05, 4.69) is 30.6 Å². The van der Waals surface area contributed by atoms with E-state index in [9.17, 15) is 109 Å². The summed E-state index contributed by atoms with van der Waals surface area (Å²) in [4.78, 5) is 166. The smallest absolute Gasteiger partial charge is 0.317 e. The quantitative estimate of drug-likeness (QED) is 0.0191. The van der Waals surface area contributed by atoms with Gasteiger partial charge in [0.25, 0.3) is 0 Å². The Kier molecular flexibility index (Phi) is 33.0. The minimum absolute atomic E-state index is 0.0561.